The second-order valence-electron chi connectivity index (χ2n) is 5.69. The van der Waals surface area contributed by atoms with Gasteiger partial charge in [0, 0.05) is 17.1 Å². The zero-order chi connectivity index (χ0) is 15.7. The molecule has 1 aliphatic rings. The van der Waals surface area contributed by atoms with Crippen LogP contribution in [0.2, 0.25) is 0 Å². The van der Waals surface area contributed by atoms with Crippen molar-refractivity contribution in [2.24, 2.45) is 0 Å². The number of aromatic nitrogens is 1. The van der Waals surface area contributed by atoms with Gasteiger partial charge in [-0.1, -0.05) is 19.3 Å². The lowest BCUT2D eigenvalue weighted by Gasteiger charge is -2.25. The summed E-state index contributed by atoms with van der Waals surface area (Å²) in [5.74, 6) is -0.485. The van der Waals surface area contributed by atoms with E-state index in [1.165, 1.54) is 12.1 Å². The van der Waals surface area contributed by atoms with E-state index in [4.69, 9.17) is 0 Å². The lowest BCUT2D eigenvalue weighted by atomic mass is 9.95. The molecule has 0 atom stereocenters. The number of pyridine rings is 1. The molecule has 0 saturated heterocycles. The third kappa shape index (κ3) is 3.15. The molecular weight excluding hydrogens is 296 g/mol. The van der Waals surface area contributed by atoms with Gasteiger partial charge in [0.25, 0.3) is 0 Å². The van der Waals surface area contributed by atoms with Gasteiger partial charge in [0.1, 0.15) is 11.5 Å². The topological polar surface area (TPSA) is 24.9 Å². The van der Waals surface area contributed by atoms with Crippen LogP contribution in [0, 0.1) is 5.82 Å². The Morgan fingerprint density at radius 3 is 2.45 bits per heavy atom. The molecule has 6 heteroatoms. The van der Waals surface area contributed by atoms with Crippen LogP contribution in [-0.2, 0) is 6.18 Å². The number of alkyl halides is 3. The summed E-state index contributed by atoms with van der Waals surface area (Å²) in [5.41, 5.74) is -0.497. The first-order valence-corrected chi connectivity index (χ1v) is 7.37. The van der Waals surface area contributed by atoms with Crippen molar-refractivity contribution in [1.29, 1.82) is 0 Å². The van der Waals surface area contributed by atoms with E-state index in [9.17, 15) is 17.6 Å². The zero-order valence-corrected chi connectivity index (χ0v) is 11.9. The normalized spacial score (nSPS) is 16.9. The number of benzene rings is 1. The van der Waals surface area contributed by atoms with Crippen molar-refractivity contribution < 1.29 is 17.6 Å². The molecule has 2 nitrogen and oxygen atoms in total. The average Bonchev–Trinajstić information content (AvgIpc) is 2.47. The maximum Gasteiger partial charge on any atom is 0.433 e. The summed E-state index contributed by atoms with van der Waals surface area (Å²) in [7, 11) is 0. The third-order valence-electron chi connectivity index (χ3n) is 4.03. The largest absolute Gasteiger partial charge is 0.433 e. The van der Waals surface area contributed by atoms with Gasteiger partial charge in [0.2, 0.25) is 0 Å². The van der Waals surface area contributed by atoms with Gasteiger partial charge in [-0.15, -0.1) is 0 Å². The summed E-state index contributed by atoms with van der Waals surface area (Å²) in [5, 5.41) is 3.54. The van der Waals surface area contributed by atoms with Gasteiger partial charge < -0.3 is 5.32 Å². The number of hydrogen-bond donors (Lipinski definition) is 1. The highest BCUT2D eigenvalue weighted by Gasteiger charge is 2.33. The molecular formula is C16H16F4N2. The van der Waals surface area contributed by atoms with Crippen molar-refractivity contribution in [1.82, 2.24) is 4.98 Å². The van der Waals surface area contributed by atoms with E-state index in [0.717, 1.165) is 44.2 Å². The number of hydrogen-bond acceptors (Lipinski definition) is 2. The van der Waals surface area contributed by atoms with Crippen molar-refractivity contribution in [3.63, 3.8) is 0 Å². The van der Waals surface area contributed by atoms with Gasteiger partial charge in [-0.2, -0.15) is 13.2 Å². The van der Waals surface area contributed by atoms with E-state index in [2.05, 4.69) is 10.3 Å². The number of nitrogens with zero attached hydrogens (tertiary/aromatic N) is 1. The quantitative estimate of drug-likeness (QED) is 0.777. The Labute approximate surface area is 125 Å². The molecule has 1 saturated carbocycles. The van der Waals surface area contributed by atoms with Crippen LogP contribution in [0.1, 0.15) is 37.8 Å². The van der Waals surface area contributed by atoms with E-state index in [0.29, 0.717) is 11.1 Å². The summed E-state index contributed by atoms with van der Waals surface area (Å²) in [6.07, 6.45) is 0.576. The minimum Gasteiger partial charge on any atom is -0.382 e. The standard InChI is InChI=1S/C16H16F4N2/c17-10-6-7-13-12(8-10)14(9-15(22-13)16(18,19)20)21-11-4-2-1-3-5-11/h6-9,11H,1-5H2,(H,21,22). The molecule has 22 heavy (non-hydrogen) atoms. The Morgan fingerprint density at radius 2 is 1.77 bits per heavy atom. The molecule has 2 aromatic rings. The maximum atomic E-state index is 13.5. The fraction of sp³-hybridized carbons (Fsp3) is 0.438. The van der Waals surface area contributed by atoms with Gasteiger partial charge in [0.15, 0.2) is 0 Å². The molecule has 1 N–H and O–H groups in total. The van der Waals surface area contributed by atoms with Crippen LogP contribution in [-0.4, -0.2) is 11.0 Å². The van der Waals surface area contributed by atoms with Gasteiger partial charge in [-0.25, -0.2) is 9.37 Å². The van der Waals surface area contributed by atoms with Crippen LogP contribution in [0.15, 0.2) is 24.3 Å². The maximum absolute atomic E-state index is 13.5. The van der Waals surface area contributed by atoms with Crippen LogP contribution in [0.5, 0.6) is 0 Å². The molecule has 0 bridgehead atoms. The second kappa shape index (κ2) is 5.74. The smallest absolute Gasteiger partial charge is 0.382 e. The second-order valence-corrected chi connectivity index (χ2v) is 5.69. The molecule has 1 aliphatic carbocycles. The highest BCUT2D eigenvalue weighted by atomic mass is 19.4. The third-order valence-corrected chi connectivity index (χ3v) is 4.03. The molecule has 1 aromatic heterocycles. The lowest BCUT2D eigenvalue weighted by molar-refractivity contribution is -0.140. The minimum absolute atomic E-state index is 0.128. The summed E-state index contributed by atoms with van der Waals surface area (Å²) < 4.78 is 52.4. The fourth-order valence-electron chi connectivity index (χ4n) is 2.93. The average molecular weight is 312 g/mol. The summed E-state index contributed by atoms with van der Waals surface area (Å²) in [6.45, 7) is 0. The molecule has 1 aromatic carbocycles. The first-order valence-electron chi connectivity index (χ1n) is 7.37. The molecule has 0 radical (unpaired) electrons. The van der Waals surface area contributed by atoms with Crippen LogP contribution in [0.4, 0.5) is 23.2 Å². The number of fused-ring (bicyclic) bond motifs is 1. The van der Waals surface area contributed by atoms with Crippen molar-refractivity contribution in [2.75, 3.05) is 5.32 Å². The van der Waals surface area contributed by atoms with E-state index in [1.54, 1.807) is 0 Å². The molecule has 1 fully saturated rings. The highest BCUT2D eigenvalue weighted by Crippen LogP contribution is 2.34. The zero-order valence-electron chi connectivity index (χ0n) is 11.9. The van der Waals surface area contributed by atoms with E-state index < -0.39 is 17.7 Å². The molecule has 0 amide bonds. The summed E-state index contributed by atoms with van der Waals surface area (Å²) >= 11 is 0. The van der Waals surface area contributed by atoms with E-state index in [-0.39, 0.29) is 11.6 Å². The molecule has 0 aliphatic heterocycles. The van der Waals surface area contributed by atoms with Crippen molar-refractivity contribution in [3.8, 4) is 0 Å². The first-order chi connectivity index (χ1) is 10.4. The van der Waals surface area contributed by atoms with E-state index >= 15 is 0 Å². The van der Waals surface area contributed by atoms with Gasteiger partial charge >= 0.3 is 6.18 Å². The lowest BCUT2D eigenvalue weighted by Crippen LogP contribution is -2.23. The number of nitrogens with one attached hydrogen (secondary N) is 1. The molecule has 0 unspecified atom stereocenters. The van der Waals surface area contributed by atoms with Crippen molar-refractivity contribution in [2.45, 2.75) is 44.3 Å². The van der Waals surface area contributed by atoms with Gasteiger partial charge in [-0.05, 0) is 37.1 Å². The van der Waals surface area contributed by atoms with E-state index in [1.807, 2.05) is 0 Å². The van der Waals surface area contributed by atoms with Crippen LogP contribution < -0.4 is 5.32 Å². The molecule has 118 valence electrons. The number of anilines is 1. The Kier molecular flexibility index (Phi) is 3.93. The monoisotopic (exact) mass is 312 g/mol. The Bertz CT molecular complexity index is 676. The molecule has 0 spiro atoms. The predicted molar refractivity (Wildman–Crippen MR) is 77.2 cm³/mol. The number of halogens is 4. The van der Waals surface area contributed by atoms with Crippen LogP contribution in [0.25, 0.3) is 10.9 Å². The minimum atomic E-state index is -4.52. The SMILES string of the molecule is Fc1ccc2nc(C(F)(F)F)cc(NC3CCCCC3)c2c1. The fourth-order valence-corrected chi connectivity index (χ4v) is 2.93. The van der Waals surface area contributed by atoms with Gasteiger partial charge in [0.05, 0.1) is 5.52 Å². The molecule has 3 rings (SSSR count). The van der Waals surface area contributed by atoms with Gasteiger partial charge in [-0.3, -0.25) is 0 Å². The van der Waals surface area contributed by atoms with Crippen molar-refractivity contribution in [3.05, 3.63) is 35.8 Å². The predicted octanol–water partition coefficient (Wildman–Crippen LogP) is 5.14. The summed E-state index contributed by atoms with van der Waals surface area (Å²) in [6, 6.07) is 4.75. The molecule has 1 heterocycles. The Morgan fingerprint density at radius 1 is 1.05 bits per heavy atom. The Hall–Kier alpha value is -1.85. The number of rotatable bonds is 2. The highest BCUT2D eigenvalue weighted by molar-refractivity contribution is 5.91. The van der Waals surface area contributed by atoms with Crippen molar-refractivity contribution >= 4 is 16.6 Å². The van der Waals surface area contributed by atoms with Crippen LogP contribution in [0.3, 0.4) is 0 Å². The first kappa shape index (κ1) is 15.1. The Balaban J connectivity index is 2.05. The summed E-state index contributed by atoms with van der Waals surface area (Å²) in [4.78, 5) is 3.61. The van der Waals surface area contributed by atoms with Crippen LogP contribution >= 0.6 is 0 Å².